The van der Waals surface area contributed by atoms with Crippen LogP contribution < -0.4 is 0 Å². The van der Waals surface area contributed by atoms with Crippen molar-refractivity contribution in [2.45, 2.75) is 18.8 Å². The van der Waals surface area contributed by atoms with Crippen molar-refractivity contribution in [1.82, 2.24) is 0 Å². The number of aliphatic carboxylic acids is 2. The van der Waals surface area contributed by atoms with Crippen LogP contribution in [0.15, 0.2) is 30.3 Å². The van der Waals surface area contributed by atoms with Crippen LogP contribution in [0.5, 0.6) is 0 Å². The first-order valence-corrected chi connectivity index (χ1v) is 5.63. The molecule has 0 aromatic heterocycles. The van der Waals surface area contributed by atoms with E-state index in [2.05, 4.69) is 0 Å². The summed E-state index contributed by atoms with van der Waals surface area (Å²) in [6.07, 6.45) is -0.870. The smallest absolute Gasteiger partial charge is 0.328 e. The Hall–Kier alpha value is -2.37. The van der Waals surface area contributed by atoms with Gasteiger partial charge >= 0.3 is 17.9 Å². The van der Waals surface area contributed by atoms with Gasteiger partial charge in [0.1, 0.15) is 0 Å². The molecule has 0 amide bonds. The average molecular weight is 266 g/mol. The monoisotopic (exact) mass is 266 g/mol. The fourth-order valence-electron chi connectivity index (χ4n) is 1.78. The second-order valence-electron chi connectivity index (χ2n) is 3.87. The van der Waals surface area contributed by atoms with Crippen molar-refractivity contribution >= 4 is 17.9 Å². The number of benzene rings is 1. The first-order valence-electron chi connectivity index (χ1n) is 5.63. The molecule has 0 saturated carbocycles. The summed E-state index contributed by atoms with van der Waals surface area (Å²) in [6, 6.07) is 7.51. The number of carboxylic acid groups (broad SMARTS) is 2. The van der Waals surface area contributed by atoms with Gasteiger partial charge in [0, 0.05) is 0 Å². The van der Waals surface area contributed by atoms with E-state index < -0.39 is 29.7 Å². The van der Waals surface area contributed by atoms with E-state index in [0.29, 0.717) is 0 Å². The van der Waals surface area contributed by atoms with Crippen LogP contribution in [-0.2, 0) is 24.5 Å². The molecule has 1 rings (SSSR count). The Morgan fingerprint density at radius 2 is 1.74 bits per heavy atom. The number of hydrogen-bond donors (Lipinski definition) is 2. The number of ether oxygens (including phenoxy) is 1. The minimum atomic E-state index is -2.22. The largest absolute Gasteiger partial charge is 0.481 e. The number of carbonyl (C=O) groups is 3. The Bertz CT molecular complexity index is 481. The third-order valence-corrected chi connectivity index (χ3v) is 2.67. The van der Waals surface area contributed by atoms with Crippen LogP contribution in [0.4, 0.5) is 0 Å². The highest BCUT2D eigenvalue weighted by molar-refractivity contribution is 6.08. The maximum Gasteiger partial charge on any atom is 0.328 e. The number of carbonyl (C=O) groups excluding carboxylic acids is 1. The molecule has 1 atom stereocenters. The van der Waals surface area contributed by atoms with Crippen LogP contribution in [0.25, 0.3) is 0 Å². The normalized spacial score (nSPS) is 13.3. The zero-order chi connectivity index (χ0) is 14.5. The molecular formula is C13H14O6. The summed E-state index contributed by atoms with van der Waals surface area (Å²) >= 11 is 0. The van der Waals surface area contributed by atoms with Gasteiger partial charge in [0.2, 0.25) is 0 Å². The van der Waals surface area contributed by atoms with Crippen LogP contribution >= 0.6 is 0 Å². The molecule has 2 N–H and O–H groups in total. The van der Waals surface area contributed by atoms with Gasteiger partial charge in [0.15, 0.2) is 5.41 Å². The molecule has 0 aliphatic heterocycles. The van der Waals surface area contributed by atoms with E-state index in [0.717, 1.165) is 0 Å². The molecule has 1 aromatic rings. The van der Waals surface area contributed by atoms with Gasteiger partial charge in [-0.1, -0.05) is 30.3 Å². The van der Waals surface area contributed by atoms with E-state index in [1.54, 1.807) is 6.07 Å². The lowest BCUT2D eigenvalue weighted by Crippen LogP contribution is -2.46. The van der Waals surface area contributed by atoms with E-state index in [1.807, 2.05) is 0 Å². The Morgan fingerprint density at radius 3 is 2.16 bits per heavy atom. The molecule has 0 aliphatic rings. The lowest BCUT2D eigenvalue weighted by atomic mass is 9.77. The molecule has 6 nitrogen and oxygen atoms in total. The van der Waals surface area contributed by atoms with Gasteiger partial charge in [0.05, 0.1) is 13.0 Å². The molecule has 1 unspecified atom stereocenters. The summed E-state index contributed by atoms with van der Waals surface area (Å²) in [5, 5.41) is 18.3. The summed E-state index contributed by atoms with van der Waals surface area (Å²) in [7, 11) is 0. The second kappa shape index (κ2) is 5.99. The summed E-state index contributed by atoms with van der Waals surface area (Å²) in [5.74, 6) is -4.00. The number of rotatable bonds is 6. The minimum absolute atomic E-state index is 0.0275. The molecule has 0 radical (unpaired) electrons. The zero-order valence-corrected chi connectivity index (χ0v) is 10.3. The van der Waals surface area contributed by atoms with E-state index in [9.17, 15) is 19.5 Å². The zero-order valence-electron chi connectivity index (χ0n) is 10.3. The van der Waals surface area contributed by atoms with Crippen molar-refractivity contribution in [3.63, 3.8) is 0 Å². The van der Waals surface area contributed by atoms with Crippen molar-refractivity contribution < 1.29 is 29.3 Å². The summed E-state index contributed by atoms with van der Waals surface area (Å²) in [5.41, 5.74) is -2.13. The van der Waals surface area contributed by atoms with Crippen LogP contribution in [-0.4, -0.2) is 34.7 Å². The van der Waals surface area contributed by atoms with Gasteiger partial charge in [-0.05, 0) is 12.5 Å². The number of carboxylic acids is 2. The van der Waals surface area contributed by atoms with Gasteiger partial charge in [-0.3, -0.25) is 14.4 Å². The van der Waals surface area contributed by atoms with Crippen LogP contribution in [0.1, 0.15) is 18.9 Å². The summed E-state index contributed by atoms with van der Waals surface area (Å²) in [4.78, 5) is 34.4. The standard InChI is InChI=1S/C13H14O6/c1-2-19-12(18)13(11(16)17,8-10(14)15)9-6-4-3-5-7-9/h3-7H,2,8H2,1H3,(H,14,15)(H,16,17). The van der Waals surface area contributed by atoms with Crippen LogP contribution in [0.2, 0.25) is 0 Å². The fourth-order valence-corrected chi connectivity index (χ4v) is 1.78. The summed E-state index contributed by atoms with van der Waals surface area (Å²) in [6.45, 7) is 1.50. The van der Waals surface area contributed by atoms with E-state index in [1.165, 1.54) is 31.2 Å². The molecule has 0 heterocycles. The van der Waals surface area contributed by atoms with Gasteiger partial charge < -0.3 is 14.9 Å². The third-order valence-electron chi connectivity index (χ3n) is 2.67. The van der Waals surface area contributed by atoms with Crippen LogP contribution in [0, 0.1) is 0 Å². The van der Waals surface area contributed by atoms with E-state index >= 15 is 0 Å². The molecule has 102 valence electrons. The second-order valence-corrected chi connectivity index (χ2v) is 3.87. The maximum atomic E-state index is 12.0. The Kier molecular flexibility index (Phi) is 4.63. The average Bonchev–Trinajstić information content (AvgIpc) is 2.36. The van der Waals surface area contributed by atoms with Gasteiger partial charge in [-0.15, -0.1) is 0 Å². The lowest BCUT2D eigenvalue weighted by Gasteiger charge is -2.25. The fraction of sp³-hybridized carbons (Fsp3) is 0.308. The molecule has 0 saturated heterocycles. The van der Waals surface area contributed by atoms with Gasteiger partial charge in [-0.2, -0.15) is 0 Å². The van der Waals surface area contributed by atoms with Crippen molar-refractivity contribution in [1.29, 1.82) is 0 Å². The molecule has 6 heteroatoms. The topological polar surface area (TPSA) is 101 Å². The molecule has 19 heavy (non-hydrogen) atoms. The highest BCUT2D eigenvalue weighted by atomic mass is 16.5. The van der Waals surface area contributed by atoms with Crippen molar-refractivity contribution in [2.24, 2.45) is 0 Å². The maximum absolute atomic E-state index is 12.0. The molecule has 0 fully saturated rings. The quantitative estimate of drug-likeness (QED) is 0.589. The molecule has 1 aromatic carbocycles. The van der Waals surface area contributed by atoms with E-state index in [4.69, 9.17) is 9.84 Å². The molecule has 0 spiro atoms. The molecule has 0 bridgehead atoms. The first-order chi connectivity index (χ1) is 8.95. The van der Waals surface area contributed by atoms with Crippen molar-refractivity contribution in [3.05, 3.63) is 35.9 Å². The highest BCUT2D eigenvalue weighted by Gasteiger charge is 2.51. The SMILES string of the molecule is CCOC(=O)C(CC(=O)O)(C(=O)O)c1ccccc1. The van der Waals surface area contributed by atoms with Crippen LogP contribution in [0.3, 0.4) is 0 Å². The molecule has 0 aliphatic carbocycles. The van der Waals surface area contributed by atoms with Crippen molar-refractivity contribution in [2.75, 3.05) is 6.61 Å². The first kappa shape index (κ1) is 14.7. The Morgan fingerprint density at radius 1 is 1.16 bits per heavy atom. The predicted octanol–water partition coefficient (Wildman–Crippen LogP) is 1.05. The predicted molar refractivity (Wildman–Crippen MR) is 64.6 cm³/mol. The van der Waals surface area contributed by atoms with E-state index in [-0.39, 0.29) is 12.2 Å². The minimum Gasteiger partial charge on any atom is -0.481 e. The van der Waals surface area contributed by atoms with Gasteiger partial charge in [-0.25, -0.2) is 0 Å². The third kappa shape index (κ3) is 2.90. The number of hydrogen-bond acceptors (Lipinski definition) is 4. The van der Waals surface area contributed by atoms with Gasteiger partial charge in [0.25, 0.3) is 0 Å². The number of esters is 1. The summed E-state index contributed by atoms with van der Waals surface area (Å²) < 4.78 is 4.74. The Balaban J connectivity index is 3.39. The Labute approximate surface area is 109 Å². The molecular weight excluding hydrogens is 252 g/mol. The highest BCUT2D eigenvalue weighted by Crippen LogP contribution is 2.30. The lowest BCUT2D eigenvalue weighted by molar-refractivity contribution is -0.165. The van der Waals surface area contributed by atoms with Crippen molar-refractivity contribution in [3.8, 4) is 0 Å².